The standard InChI is InChI=1S/C23H19F2N5O2/c1-14-20(23(31)27-12-16-8-17(24)10-18(25)9-16)4-3-5-21(14)32-19-6-7-26-22(11-19)30-13-28-15(2)29-30/h3-11,13H,12H2,1-2H3,(H,27,31). The van der Waals surface area contributed by atoms with E-state index in [1.807, 2.05) is 0 Å². The molecule has 9 heteroatoms. The molecule has 0 atom stereocenters. The zero-order chi connectivity index (χ0) is 22.7. The van der Waals surface area contributed by atoms with E-state index in [0.29, 0.717) is 39.8 Å². The first kappa shape index (κ1) is 21.1. The molecule has 2 aromatic carbocycles. The predicted octanol–water partition coefficient (Wildman–Crippen LogP) is 4.28. The molecule has 2 heterocycles. The number of ether oxygens (including phenoxy) is 1. The number of aryl methyl sites for hydroxylation is 1. The second-order valence-corrected chi connectivity index (χ2v) is 7.08. The van der Waals surface area contributed by atoms with Crippen molar-refractivity contribution in [3.8, 4) is 17.3 Å². The van der Waals surface area contributed by atoms with E-state index in [1.165, 1.54) is 16.8 Å². The Kier molecular flexibility index (Phi) is 5.89. The summed E-state index contributed by atoms with van der Waals surface area (Å²) in [4.78, 5) is 21.0. The first-order chi connectivity index (χ1) is 15.4. The zero-order valence-corrected chi connectivity index (χ0v) is 17.3. The second-order valence-electron chi connectivity index (χ2n) is 7.08. The Morgan fingerprint density at radius 2 is 1.84 bits per heavy atom. The maximum absolute atomic E-state index is 13.4. The number of carbonyl (C=O) groups excluding carboxylic acids is 1. The topological polar surface area (TPSA) is 81.9 Å². The van der Waals surface area contributed by atoms with Crippen molar-refractivity contribution in [2.24, 2.45) is 0 Å². The number of hydrogen-bond acceptors (Lipinski definition) is 5. The van der Waals surface area contributed by atoms with Crippen LogP contribution in [0.3, 0.4) is 0 Å². The fourth-order valence-electron chi connectivity index (χ4n) is 3.13. The van der Waals surface area contributed by atoms with Gasteiger partial charge in [-0.2, -0.15) is 5.10 Å². The molecule has 2 aromatic heterocycles. The van der Waals surface area contributed by atoms with Crippen LogP contribution in [0.25, 0.3) is 5.82 Å². The van der Waals surface area contributed by atoms with Gasteiger partial charge in [0.15, 0.2) is 5.82 Å². The number of nitrogens with zero attached hydrogens (tertiary/aromatic N) is 4. The van der Waals surface area contributed by atoms with Crippen LogP contribution >= 0.6 is 0 Å². The van der Waals surface area contributed by atoms with Crippen LogP contribution in [0.15, 0.2) is 61.1 Å². The number of amides is 1. The number of benzene rings is 2. The van der Waals surface area contributed by atoms with Crippen LogP contribution in [0.1, 0.15) is 27.3 Å². The van der Waals surface area contributed by atoms with Crippen molar-refractivity contribution >= 4 is 5.91 Å². The second kappa shape index (κ2) is 8.93. The highest BCUT2D eigenvalue weighted by Gasteiger charge is 2.14. The number of carbonyl (C=O) groups is 1. The molecule has 0 radical (unpaired) electrons. The molecule has 0 spiro atoms. The minimum absolute atomic E-state index is 0.0108. The van der Waals surface area contributed by atoms with Gasteiger partial charge in [0.05, 0.1) is 0 Å². The van der Waals surface area contributed by atoms with Crippen LogP contribution < -0.4 is 10.1 Å². The number of nitrogens with one attached hydrogen (secondary N) is 1. The van der Waals surface area contributed by atoms with Gasteiger partial charge in [-0.3, -0.25) is 4.79 Å². The van der Waals surface area contributed by atoms with Crippen molar-refractivity contribution in [3.63, 3.8) is 0 Å². The third kappa shape index (κ3) is 4.77. The minimum atomic E-state index is -0.696. The van der Waals surface area contributed by atoms with Crippen molar-refractivity contribution in [1.82, 2.24) is 25.1 Å². The maximum Gasteiger partial charge on any atom is 0.251 e. The monoisotopic (exact) mass is 435 g/mol. The summed E-state index contributed by atoms with van der Waals surface area (Å²) in [7, 11) is 0. The van der Waals surface area contributed by atoms with Gasteiger partial charge in [-0.1, -0.05) is 6.07 Å². The van der Waals surface area contributed by atoms with Gasteiger partial charge < -0.3 is 10.1 Å². The lowest BCUT2D eigenvalue weighted by Gasteiger charge is -2.13. The summed E-state index contributed by atoms with van der Waals surface area (Å²) >= 11 is 0. The van der Waals surface area contributed by atoms with E-state index >= 15 is 0 Å². The van der Waals surface area contributed by atoms with Gasteiger partial charge in [-0.25, -0.2) is 23.4 Å². The van der Waals surface area contributed by atoms with Crippen molar-refractivity contribution in [2.75, 3.05) is 0 Å². The van der Waals surface area contributed by atoms with E-state index in [2.05, 4.69) is 20.4 Å². The number of rotatable bonds is 6. The maximum atomic E-state index is 13.4. The fourth-order valence-corrected chi connectivity index (χ4v) is 3.13. The Morgan fingerprint density at radius 3 is 2.56 bits per heavy atom. The molecule has 1 N–H and O–H groups in total. The molecule has 0 bridgehead atoms. The highest BCUT2D eigenvalue weighted by Crippen LogP contribution is 2.28. The van der Waals surface area contributed by atoms with Crippen molar-refractivity contribution in [1.29, 1.82) is 0 Å². The summed E-state index contributed by atoms with van der Waals surface area (Å²) in [5.41, 5.74) is 1.33. The van der Waals surface area contributed by atoms with Gasteiger partial charge in [-0.05, 0) is 49.7 Å². The number of pyridine rings is 1. The lowest BCUT2D eigenvalue weighted by atomic mass is 10.1. The molecule has 32 heavy (non-hydrogen) atoms. The van der Waals surface area contributed by atoms with Gasteiger partial charge >= 0.3 is 0 Å². The van der Waals surface area contributed by atoms with E-state index in [-0.39, 0.29) is 12.5 Å². The van der Waals surface area contributed by atoms with Crippen LogP contribution in [0, 0.1) is 25.5 Å². The molecular weight excluding hydrogens is 416 g/mol. The Hall–Kier alpha value is -4.14. The zero-order valence-electron chi connectivity index (χ0n) is 17.3. The molecule has 0 unspecified atom stereocenters. The van der Waals surface area contributed by atoms with E-state index in [4.69, 9.17) is 4.74 Å². The van der Waals surface area contributed by atoms with Crippen LogP contribution in [0.4, 0.5) is 8.78 Å². The van der Waals surface area contributed by atoms with Crippen molar-refractivity contribution in [2.45, 2.75) is 20.4 Å². The van der Waals surface area contributed by atoms with Crippen LogP contribution in [-0.2, 0) is 6.54 Å². The van der Waals surface area contributed by atoms with Crippen molar-refractivity contribution < 1.29 is 18.3 Å². The van der Waals surface area contributed by atoms with Crippen LogP contribution in [0.2, 0.25) is 0 Å². The molecule has 0 saturated carbocycles. The molecule has 1 amide bonds. The summed E-state index contributed by atoms with van der Waals surface area (Å²) in [5.74, 6) is 0.384. The quantitative estimate of drug-likeness (QED) is 0.489. The molecule has 4 rings (SSSR count). The summed E-state index contributed by atoms with van der Waals surface area (Å²) < 4.78 is 34.2. The average molecular weight is 435 g/mol. The van der Waals surface area contributed by atoms with Gasteiger partial charge in [0.2, 0.25) is 0 Å². The summed E-state index contributed by atoms with van der Waals surface area (Å²) in [6.07, 6.45) is 3.15. The Balaban J connectivity index is 1.50. The third-order valence-corrected chi connectivity index (χ3v) is 4.69. The Bertz CT molecular complexity index is 1270. The number of hydrogen-bond donors (Lipinski definition) is 1. The van der Waals surface area contributed by atoms with Gasteiger partial charge in [-0.15, -0.1) is 0 Å². The van der Waals surface area contributed by atoms with E-state index < -0.39 is 11.6 Å². The highest BCUT2D eigenvalue weighted by molar-refractivity contribution is 5.96. The summed E-state index contributed by atoms with van der Waals surface area (Å²) in [6.45, 7) is 3.53. The first-order valence-corrected chi connectivity index (χ1v) is 9.74. The third-order valence-electron chi connectivity index (χ3n) is 4.69. The molecule has 0 aliphatic heterocycles. The normalized spacial score (nSPS) is 10.8. The molecular formula is C23H19F2N5O2. The highest BCUT2D eigenvalue weighted by atomic mass is 19.1. The minimum Gasteiger partial charge on any atom is -0.457 e. The first-order valence-electron chi connectivity index (χ1n) is 9.74. The summed E-state index contributed by atoms with van der Waals surface area (Å²) in [5, 5.41) is 6.91. The van der Waals surface area contributed by atoms with Crippen molar-refractivity contribution in [3.05, 3.63) is 95.2 Å². The largest absolute Gasteiger partial charge is 0.457 e. The van der Waals surface area contributed by atoms with Gasteiger partial charge in [0.25, 0.3) is 5.91 Å². The number of aromatic nitrogens is 4. The lowest BCUT2D eigenvalue weighted by molar-refractivity contribution is 0.0950. The van der Waals surface area contributed by atoms with Crippen LogP contribution in [-0.4, -0.2) is 25.7 Å². The predicted molar refractivity (Wildman–Crippen MR) is 113 cm³/mol. The molecule has 0 fully saturated rings. The molecule has 0 aliphatic carbocycles. The molecule has 4 aromatic rings. The molecule has 7 nitrogen and oxygen atoms in total. The summed E-state index contributed by atoms with van der Waals surface area (Å²) in [6, 6.07) is 11.6. The molecule has 162 valence electrons. The Labute approximate surface area is 182 Å². The van der Waals surface area contributed by atoms with E-state index in [0.717, 1.165) is 6.07 Å². The van der Waals surface area contributed by atoms with Gasteiger partial charge in [0.1, 0.15) is 35.3 Å². The van der Waals surface area contributed by atoms with Crippen LogP contribution in [0.5, 0.6) is 11.5 Å². The smallest absolute Gasteiger partial charge is 0.251 e. The van der Waals surface area contributed by atoms with E-state index in [1.54, 1.807) is 56.7 Å². The fraction of sp³-hybridized carbons (Fsp3) is 0.130. The number of halogens is 2. The van der Waals surface area contributed by atoms with E-state index in [9.17, 15) is 13.6 Å². The lowest BCUT2D eigenvalue weighted by Crippen LogP contribution is -2.23. The van der Waals surface area contributed by atoms with Gasteiger partial charge in [0, 0.05) is 36.0 Å². The molecule has 0 aliphatic rings. The molecule has 0 saturated heterocycles. The average Bonchev–Trinajstić information content (AvgIpc) is 3.19. The SMILES string of the molecule is Cc1ncn(-c2cc(Oc3cccc(C(=O)NCc4cc(F)cc(F)c4)c3C)ccn2)n1. The Morgan fingerprint density at radius 1 is 1.06 bits per heavy atom.